The molecule has 0 unspecified atom stereocenters. The summed E-state index contributed by atoms with van der Waals surface area (Å²) in [7, 11) is -1.41. The summed E-state index contributed by atoms with van der Waals surface area (Å²) in [6.07, 6.45) is 4.45. The Morgan fingerprint density at radius 2 is 1.72 bits per heavy atom. The Bertz CT molecular complexity index is 757. The summed E-state index contributed by atoms with van der Waals surface area (Å²) < 4.78 is 28.1. The maximum atomic E-state index is 11.4. The predicted molar refractivity (Wildman–Crippen MR) is 110 cm³/mol. The third-order valence-corrected chi connectivity index (χ3v) is 4.65. The zero-order valence-corrected chi connectivity index (χ0v) is 17.5. The molecular formula is C17H24IN3O3S. The Balaban J connectivity index is 0.00000312. The van der Waals surface area contributed by atoms with Crippen LogP contribution in [0.2, 0.25) is 0 Å². The molecule has 1 heterocycles. The standard InChI is InChI=1S/C17H23N3O3S.HI/c1-18-17(20-12-10-15-4-3-13-23-15)19-11-9-14-5-7-16(8-6-14)24(2,21)22;/h3-8,13H,9-12H2,1-2H3,(H2,18,19,20);1H. The molecule has 2 N–H and O–H groups in total. The van der Waals surface area contributed by atoms with Crippen molar-refractivity contribution >= 4 is 39.8 Å². The molecule has 1 aromatic heterocycles. The molecule has 0 saturated heterocycles. The third-order valence-electron chi connectivity index (χ3n) is 3.53. The van der Waals surface area contributed by atoms with Crippen molar-refractivity contribution in [2.24, 2.45) is 4.99 Å². The van der Waals surface area contributed by atoms with Gasteiger partial charge in [0, 0.05) is 32.8 Å². The normalized spacial score (nSPS) is 11.7. The van der Waals surface area contributed by atoms with E-state index in [1.165, 1.54) is 6.26 Å². The van der Waals surface area contributed by atoms with Crippen LogP contribution in [-0.2, 0) is 22.7 Å². The topological polar surface area (TPSA) is 83.7 Å². The molecule has 0 aliphatic heterocycles. The van der Waals surface area contributed by atoms with Gasteiger partial charge in [-0.25, -0.2) is 8.42 Å². The van der Waals surface area contributed by atoms with Crippen LogP contribution in [0.4, 0.5) is 0 Å². The van der Waals surface area contributed by atoms with Crippen molar-refractivity contribution < 1.29 is 12.8 Å². The molecule has 25 heavy (non-hydrogen) atoms. The van der Waals surface area contributed by atoms with E-state index in [4.69, 9.17) is 4.42 Å². The van der Waals surface area contributed by atoms with Crippen molar-refractivity contribution in [3.05, 3.63) is 54.0 Å². The summed E-state index contributed by atoms with van der Waals surface area (Å²) >= 11 is 0. The summed E-state index contributed by atoms with van der Waals surface area (Å²) in [4.78, 5) is 4.51. The number of furan rings is 1. The van der Waals surface area contributed by atoms with E-state index in [0.717, 1.165) is 36.7 Å². The predicted octanol–water partition coefficient (Wildman–Crippen LogP) is 2.25. The maximum absolute atomic E-state index is 11.4. The molecule has 2 rings (SSSR count). The number of benzene rings is 1. The SMILES string of the molecule is CN=C(NCCc1ccc(S(C)(=O)=O)cc1)NCCc1ccco1.I. The highest BCUT2D eigenvalue weighted by Gasteiger charge is 2.06. The minimum absolute atomic E-state index is 0. The van der Waals surface area contributed by atoms with Crippen LogP contribution in [0.1, 0.15) is 11.3 Å². The number of halogens is 1. The van der Waals surface area contributed by atoms with Crippen molar-refractivity contribution in [1.82, 2.24) is 10.6 Å². The van der Waals surface area contributed by atoms with Crippen LogP contribution < -0.4 is 10.6 Å². The first kappa shape index (κ1) is 21.5. The van der Waals surface area contributed by atoms with Gasteiger partial charge in [0.25, 0.3) is 0 Å². The van der Waals surface area contributed by atoms with E-state index >= 15 is 0 Å². The minimum Gasteiger partial charge on any atom is -0.469 e. The number of nitrogens with zero attached hydrogens (tertiary/aromatic N) is 1. The zero-order chi connectivity index (χ0) is 17.4. The fourth-order valence-electron chi connectivity index (χ4n) is 2.21. The lowest BCUT2D eigenvalue weighted by Crippen LogP contribution is -2.39. The second-order valence-electron chi connectivity index (χ2n) is 5.42. The third kappa shape index (κ3) is 7.47. The van der Waals surface area contributed by atoms with Crippen LogP contribution in [0.5, 0.6) is 0 Å². The lowest BCUT2D eigenvalue weighted by atomic mass is 10.1. The monoisotopic (exact) mass is 477 g/mol. The Hall–Kier alpha value is -1.55. The van der Waals surface area contributed by atoms with E-state index in [1.54, 1.807) is 25.4 Å². The molecule has 138 valence electrons. The van der Waals surface area contributed by atoms with Crippen LogP contribution in [-0.4, -0.2) is 40.8 Å². The van der Waals surface area contributed by atoms with Crippen LogP contribution in [0.3, 0.4) is 0 Å². The van der Waals surface area contributed by atoms with Gasteiger partial charge in [0.15, 0.2) is 15.8 Å². The van der Waals surface area contributed by atoms with Crippen LogP contribution in [0.15, 0.2) is 57.0 Å². The van der Waals surface area contributed by atoms with Gasteiger partial charge in [0.05, 0.1) is 11.2 Å². The Morgan fingerprint density at radius 1 is 1.08 bits per heavy atom. The first-order valence-electron chi connectivity index (χ1n) is 7.75. The van der Waals surface area contributed by atoms with E-state index in [-0.39, 0.29) is 24.0 Å². The Labute approximate surface area is 166 Å². The molecule has 0 saturated carbocycles. The maximum Gasteiger partial charge on any atom is 0.191 e. The van der Waals surface area contributed by atoms with Crippen LogP contribution in [0.25, 0.3) is 0 Å². The fourth-order valence-corrected chi connectivity index (χ4v) is 2.84. The molecule has 2 aromatic rings. The molecule has 0 atom stereocenters. The summed E-state index contributed by atoms with van der Waals surface area (Å²) in [5.74, 6) is 1.67. The number of nitrogens with one attached hydrogen (secondary N) is 2. The van der Waals surface area contributed by atoms with Gasteiger partial charge >= 0.3 is 0 Å². The van der Waals surface area contributed by atoms with Gasteiger partial charge in [0.1, 0.15) is 5.76 Å². The molecular weight excluding hydrogens is 453 g/mol. The van der Waals surface area contributed by atoms with Gasteiger partial charge in [-0.2, -0.15) is 0 Å². The van der Waals surface area contributed by atoms with E-state index in [0.29, 0.717) is 11.4 Å². The number of aliphatic imine (C=N–C) groups is 1. The number of hydrogen-bond acceptors (Lipinski definition) is 4. The van der Waals surface area contributed by atoms with Gasteiger partial charge in [0.2, 0.25) is 0 Å². The molecule has 0 amide bonds. The first-order chi connectivity index (χ1) is 11.5. The highest BCUT2D eigenvalue weighted by molar-refractivity contribution is 14.0. The number of hydrogen-bond donors (Lipinski definition) is 2. The van der Waals surface area contributed by atoms with Gasteiger partial charge < -0.3 is 15.1 Å². The van der Waals surface area contributed by atoms with Crippen molar-refractivity contribution in [3.8, 4) is 0 Å². The van der Waals surface area contributed by atoms with Crippen molar-refractivity contribution in [1.29, 1.82) is 0 Å². The largest absolute Gasteiger partial charge is 0.469 e. The molecule has 8 heteroatoms. The average Bonchev–Trinajstić information content (AvgIpc) is 3.06. The van der Waals surface area contributed by atoms with Crippen molar-refractivity contribution in [2.45, 2.75) is 17.7 Å². The highest BCUT2D eigenvalue weighted by atomic mass is 127. The molecule has 0 aliphatic carbocycles. The molecule has 0 spiro atoms. The van der Waals surface area contributed by atoms with E-state index in [2.05, 4.69) is 15.6 Å². The lowest BCUT2D eigenvalue weighted by Gasteiger charge is -2.11. The molecule has 0 fully saturated rings. The summed E-state index contributed by atoms with van der Waals surface area (Å²) in [5, 5.41) is 6.46. The Morgan fingerprint density at radius 3 is 2.24 bits per heavy atom. The van der Waals surface area contributed by atoms with Crippen molar-refractivity contribution in [3.63, 3.8) is 0 Å². The second kappa shape index (κ2) is 10.4. The summed E-state index contributed by atoms with van der Waals surface area (Å²) in [6.45, 7) is 1.44. The summed E-state index contributed by atoms with van der Waals surface area (Å²) in [6, 6.07) is 10.8. The average molecular weight is 477 g/mol. The minimum atomic E-state index is -3.14. The van der Waals surface area contributed by atoms with Crippen LogP contribution >= 0.6 is 24.0 Å². The fraction of sp³-hybridized carbons (Fsp3) is 0.353. The number of rotatable bonds is 7. The van der Waals surface area contributed by atoms with Crippen LogP contribution in [0, 0.1) is 0 Å². The second-order valence-corrected chi connectivity index (χ2v) is 7.44. The van der Waals surface area contributed by atoms with E-state index in [9.17, 15) is 8.42 Å². The molecule has 0 aliphatic rings. The van der Waals surface area contributed by atoms with E-state index in [1.807, 2.05) is 24.3 Å². The first-order valence-corrected chi connectivity index (χ1v) is 9.64. The smallest absolute Gasteiger partial charge is 0.191 e. The molecule has 1 aromatic carbocycles. The van der Waals surface area contributed by atoms with Gasteiger partial charge in [-0.3, -0.25) is 4.99 Å². The summed E-state index contributed by atoms with van der Waals surface area (Å²) in [5.41, 5.74) is 1.07. The quantitative estimate of drug-likeness (QED) is 0.363. The lowest BCUT2D eigenvalue weighted by molar-refractivity contribution is 0.507. The molecule has 0 bridgehead atoms. The van der Waals surface area contributed by atoms with Gasteiger partial charge in [-0.1, -0.05) is 12.1 Å². The number of sulfone groups is 1. The molecule has 6 nitrogen and oxygen atoms in total. The number of guanidine groups is 1. The Kier molecular flexibility index (Phi) is 8.98. The van der Waals surface area contributed by atoms with Gasteiger partial charge in [-0.05, 0) is 36.2 Å². The zero-order valence-electron chi connectivity index (χ0n) is 14.4. The highest BCUT2D eigenvalue weighted by Crippen LogP contribution is 2.10. The van der Waals surface area contributed by atoms with E-state index < -0.39 is 9.84 Å². The van der Waals surface area contributed by atoms with Gasteiger partial charge in [-0.15, -0.1) is 24.0 Å². The molecule has 0 radical (unpaired) electrons. The van der Waals surface area contributed by atoms with Crippen molar-refractivity contribution in [2.75, 3.05) is 26.4 Å².